The maximum Gasteiger partial charge on any atom is 0.125 e. The van der Waals surface area contributed by atoms with Gasteiger partial charge >= 0.3 is 0 Å². The largest absolute Gasteiger partial charge is 0.496 e. The van der Waals surface area contributed by atoms with E-state index in [1.54, 1.807) is 13.2 Å². The molecule has 0 spiro atoms. The molecule has 0 saturated carbocycles. The molecule has 0 saturated heterocycles. The van der Waals surface area contributed by atoms with Gasteiger partial charge in [0.25, 0.3) is 0 Å². The Hall–Kier alpha value is -0.550. The van der Waals surface area contributed by atoms with Crippen molar-refractivity contribution in [2.75, 3.05) is 7.11 Å². The first-order chi connectivity index (χ1) is 9.43. The molecule has 0 aromatic heterocycles. The Morgan fingerprint density at radius 3 is 2.45 bits per heavy atom. The lowest BCUT2D eigenvalue weighted by atomic mass is 9.98. The molecular weight excluding hydrogens is 405 g/mol. The highest BCUT2D eigenvalue weighted by Crippen LogP contribution is 2.36. The third-order valence-corrected chi connectivity index (χ3v) is 4.92. The van der Waals surface area contributed by atoms with Crippen LogP contribution in [0.1, 0.15) is 22.7 Å². The lowest BCUT2D eigenvalue weighted by molar-refractivity contribution is 0.408. The Bertz CT molecular complexity index is 646. The lowest BCUT2D eigenvalue weighted by Crippen LogP contribution is -2.14. The van der Waals surface area contributed by atoms with E-state index in [1.165, 1.54) is 0 Å². The second kappa shape index (κ2) is 6.48. The zero-order valence-corrected chi connectivity index (χ0v) is 15.0. The molecule has 0 aliphatic rings. The topological polar surface area (TPSA) is 35.2 Å². The van der Waals surface area contributed by atoms with Crippen LogP contribution in [0.5, 0.6) is 5.75 Å². The highest BCUT2D eigenvalue weighted by Gasteiger charge is 2.18. The fourth-order valence-electron chi connectivity index (χ4n) is 2.01. The first-order valence-corrected chi connectivity index (χ1v) is 7.95. The lowest BCUT2D eigenvalue weighted by Gasteiger charge is -2.18. The number of rotatable bonds is 3. The Morgan fingerprint density at radius 1 is 1.10 bits per heavy atom. The van der Waals surface area contributed by atoms with Crippen LogP contribution in [0, 0.1) is 6.92 Å². The van der Waals surface area contributed by atoms with Crippen molar-refractivity contribution in [3.63, 3.8) is 0 Å². The van der Waals surface area contributed by atoms with Crippen molar-refractivity contribution in [2.45, 2.75) is 13.0 Å². The molecule has 2 rings (SSSR count). The summed E-state index contributed by atoms with van der Waals surface area (Å²) in [6.45, 7) is 2.03. The molecular formula is C15H14Br2ClNO. The molecule has 0 amide bonds. The van der Waals surface area contributed by atoms with Crippen LogP contribution in [0.25, 0.3) is 0 Å². The van der Waals surface area contributed by atoms with Crippen LogP contribution in [0.15, 0.2) is 39.3 Å². The molecule has 0 aliphatic carbocycles. The maximum absolute atomic E-state index is 6.39. The second-order valence-corrected chi connectivity index (χ2v) is 6.63. The molecule has 1 atom stereocenters. The van der Waals surface area contributed by atoms with Gasteiger partial charge in [-0.05, 0) is 42.3 Å². The van der Waals surface area contributed by atoms with Gasteiger partial charge in [0.15, 0.2) is 0 Å². The predicted molar refractivity (Wildman–Crippen MR) is 90.6 cm³/mol. The number of hydrogen-bond acceptors (Lipinski definition) is 2. The van der Waals surface area contributed by atoms with Crippen LogP contribution in [0.2, 0.25) is 5.02 Å². The number of methoxy groups -OCH3 is 1. The third kappa shape index (κ3) is 3.19. The average Bonchev–Trinajstić information content (AvgIpc) is 2.42. The Kier molecular flexibility index (Phi) is 5.13. The first kappa shape index (κ1) is 15.8. The number of halogens is 3. The maximum atomic E-state index is 6.39. The van der Waals surface area contributed by atoms with Gasteiger partial charge in [-0.15, -0.1) is 0 Å². The van der Waals surface area contributed by atoms with E-state index < -0.39 is 0 Å². The Morgan fingerprint density at radius 2 is 1.80 bits per heavy atom. The highest BCUT2D eigenvalue weighted by molar-refractivity contribution is 9.11. The van der Waals surface area contributed by atoms with Gasteiger partial charge in [0.1, 0.15) is 5.75 Å². The minimum atomic E-state index is -0.298. The smallest absolute Gasteiger partial charge is 0.125 e. The van der Waals surface area contributed by atoms with Crippen molar-refractivity contribution >= 4 is 43.5 Å². The number of nitrogens with two attached hydrogens (primary N) is 1. The molecule has 0 aliphatic heterocycles. The summed E-state index contributed by atoms with van der Waals surface area (Å²) in [6.07, 6.45) is 0. The SMILES string of the molecule is COc1cc(Cl)ccc1C(N)c1cc(Br)c(C)cc1Br. The average molecular weight is 420 g/mol. The van der Waals surface area contributed by atoms with E-state index in [2.05, 4.69) is 31.9 Å². The first-order valence-electron chi connectivity index (χ1n) is 5.98. The van der Waals surface area contributed by atoms with Gasteiger partial charge < -0.3 is 10.5 Å². The van der Waals surface area contributed by atoms with Crippen molar-refractivity contribution in [3.05, 3.63) is 61.0 Å². The molecule has 1 unspecified atom stereocenters. The van der Waals surface area contributed by atoms with Gasteiger partial charge in [0.2, 0.25) is 0 Å². The molecule has 2 aromatic carbocycles. The molecule has 106 valence electrons. The zero-order chi connectivity index (χ0) is 14.9. The molecule has 0 radical (unpaired) electrons. The molecule has 2 N–H and O–H groups in total. The highest BCUT2D eigenvalue weighted by atomic mass is 79.9. The van der Waals surface area contributed by atoms with Crippen LogP contribution in [0.3, 0.4) is 0 Å². The number of benzene rings is 2. The molecule has 0 bridgehead atoms. The van der Waals surface area contributed by atoms with Crippen molar-refractivity contribution in [1.82, 2.24) is 0 Å². The minimum absolute atomic E-state index is 0.298. The van der Waals surface area contributed by atoms with Crippen molar-refractivity contribution in [3.8, 4) is 5.75 Å². The fourth-order valence-corrected chi connectivity index (χ4v) is 3.24. The number of ether oxygens (including phenoxy) is 1. The number of aryl methyl sites for hydroxylation is 1. The summed E-state index contributed by atoms with van der Waals surface area (Å²) in [4.78, 5) is 0. The quantitative estimate of drug-likeness (QED) is 0.739. The van der Waals surface area contributed by atoms with Gasteiger partial charge in [-0.3, -0.25) is 0 Å². The van der Waals surface area contributed by atoms with Crippen LogP contribution >= 0.6 is 43.5 Å². The summed E-state index contributed by atoms with van der Waals surface area (Å²) < 4.78 is 7.37. The van der Waals surface area contributed by atoms with Crippen molar-refractivity contribution < 1.29 is 4.74 Å². The summed E-state index contributed by atoms with van der Waals surface area (Å²) in [6, 6.07) is 9.25. The van der Waals surface area contributed by atoms with Crippen LogP contribution < -0.4 is 10.5 Å². The van der Waals surface area contributed by atoms with Gasteiger partial charge in [-0.2, -0.15) is 0 Å². The second-order valence-electron chi connectivity index (χ2n) is 4.49. The summed E-state index contributed by atoms with van der Waals surface area (Å²) in [5.41, 5.74) is 9.42. The molecule has 2 aromatic rings. The normalized spacial score (nSPS) is 12.3. The molecule has 0 heterocycles. The van der Waals surface area contributed by atoms with Crippen molar-refractivity contribution in [1.29, 1.82) is 0 Å². The summed E-state index contributed by atoms with van der Waals surface area (Å²) in [7, 11) is 1.61. The molecule has 2 nitrogen and oxygen atoms in total. The van der Waals surface area contributed by atoms with Gasteiger partial charge in [-0.1, -0.05) is 49.5 Å². The van der Waals surface area contributed by atoms with Gasteiger partial charge in [0, 0.05) is 19.5 Å². The zero-order valence-electron chi connectivity index (χ0n) is 11.1. The summed E-state index contributed by atoms with van der Waals surface area (Å²) in [5, 5.41) is 0.627. The van der Waals surface area contributed by atoms with E-state index in [0.29, 0.717) is 10.8 Å². The Balaban J connectivity index is 2.51. The van der Waals surface area contributed by atoms with E-state index in [9.17, 15) is 0 Å². The van der Waals surface area contributed by atoms with E-state index in [4.69, 9.17) is 22.1 Å². The van der Waals surface area contributed by atoms with Crippen LogP contribution in [-0.4, -0.2) is 7.11 Å². The standard InChI is InChI=1S/C15H14Br2ClNO/c1-8-5-13(17)11(7-12(8)16)15(19)10-4-3-9(18)6-14(10)20-2/h3-7,15H,19H2,1-2H3. The van der Waals surface area contributed by atoms with E-state index in [0.717, 1.165) is 25.6 Å². The van der Waals surface area contributed by atoms with Crippen LogP contribution in [-0.2, 0) is 0 Å². The van der Waals surface area contributed by atoms with Crippen LogP contribution in [0.4, 0.5) is 0 Å². The molecule has 20 heavy (non-hydrogen) atoms. The van der Waals surface area contributed by atoms with Gasteiger partial charge in [-0.25, -0.2) is 0 Å². The van der Waals surface area contributed by atoms with Crippen molar-refractivity contribution in [2.24, 2.45) is 5.73 Å². The summed E-state index contributed by atoms with van der Waals surface area (Å²) >= 11 is 13.1. The van der Waals surface area contributed by atoms with Gasteiger partial charge in [0.05, 0.1) is 13.2 Å². The van der Waals surface area contributed by atoms with E-state index in [-0.39, 0.29) is 6.04 Å². The summed E-state index contributed by atoms with van der Waals surface area (Å²) in [5.74, 6) is 0.689. The van der Waals surface area contributed by atoms with E-state index >= 15 is 0 Å². The molecule has 5 heteroatoms. The number of hydrogen-bond donors (Lipinski definition) is 1. The fraction of sp³-hybridized carbons (Fsp3) is 0.200. The third-order valence-electron chi connectivity index (χ3n) is 3.14. The Labute approximate surface area is 140 Å². The monoisotopic (exact) mass is 417 g/mol. The van der Waals surface area contributed by atoms with E-state index in [1.807, 2.05) is 31.2 Å². The predicted octanol–water partition coefficient (Wildman–Crippen LogP) is 5.23. The molecule has 0 fully saturated rings. The minimum Gasteiger partial charge on any atom is -0.496 e.